The average Bonchev–Trinajstić information content (AvgIpc) is 2.21. The molecule has 0 spiro atoms. The molecule has 4 nitrogen and oxygen atoms in total. The van der Waals surface area contributed by atoms with Crippen molar-refractivity contribution in [2.45, 2.75) is 6.54 Å². The molecule has 1 heterocycles. The van der Waals surface area contributed by atoms with Gasteiger partial charge in [-0.1, -0.05) is 11.8 Å². The van der Waals surface area contributed by atoms with Crippen molar-refractivity contribution in [1.82, 2.24) is 14.9 Å². The Labute approximate surface area is 88.5 Å². The van der Waals surface area contributed by atoms with Gasteiger partial charge in [0, 0.05) is 26.5 Å². The van der Waals surface area contributed by atoms with Gasteiger partial charge in [-0.25, -0.2) is 0 Å². The molecule has 1 aromatic heterocycles. The minimum Gasteiger partial charge on any atom is -0.349 e. The van der Waals surface area contributed by atoms with Gasteiger partial charge in [0.25, 0.3) is 0 Å². The maximum Gasteiger partial charge on any atom is 0.158 e. The number of hydrogen-bond acceptors (Lipinski definition) is 4. The summed E-state index contributed by atoms with van der Waals surface area (Å²) in [4.78, 5) is 14.4. The van der Waals surface area contributed by atoms with Crippen LogP contribution in [0.4, 0.5) is 0 Å². The largest absolute Gasteiger partial charge is 0.349 e. The number of hydrogen-bond donors (Lipinski definition) is 0. The lowest BCUT2D eigenvalue weighted by molar-refractivity contribution is 0.500. The minimum atomic E-state index is 0.737. The molecular formula is C9H14N4S. The first kappa shape index (κ1) is 11.0. The molecule has 0 unspecified atom stereocenters. The Kier molecular flexibility index (Phi) is 4.39. The van der Waals surface area contributed by atoms with Crippen LogP contribution >= 0.6 is 11.8 Å². The third kappa shape index (κ3) is 2.99. The van der Waals surface area contributed by atoms with Crippen molar-refractivity contribution in [2.75, 3.05) is 20.4 Å². The summed E-state index contributed by atoms with van der Waals surface area (Å²) in [5.74, 6) is 0. The molecule has 0 saturated carbocycles. The van der Waals surface area contributed by atoms with Crippen molar-refractivity contribution in [2.24, 2.45) is 4.99 Å². The maximum absolute atomic E-state index is 4.20. The van der Waals surface area contributed by atoms with E-state index in [2.05, 4.69) is 19.9 Å². The molecule has 0 fully saturated rings. The van der Waals surface area contributed by atoms with Crippen LogP contribution in [0, 0.1) is 0 Å². The zero-order valence-corrected chi connectivity index (χ0v) is 9.45. The zero-order chi connectivity index (χ0) is 10.4. The van der Waals surface area contributed by atoms with E-state index in [-0.39, 0.29) is 0 Å². The van der Waals surface area contributed by atoms with E-state index in [1.54, 1.807) is 37.4 Å². The Morgan fingerprint density at radius 3 is 2.86 bits per heavy atom. The highest BCUT2D eigenvalue weighted by Crippen LogP contribution is 2.06. The average molecular weight is 210 g/mol. The second-order valence-corrected chi connectivity index (χ2v) is 3.54. The zero-order valence-electron chi connectivity index (χ0n) is 8.64. The van der Waals surface area contributed by atoms with Gasteiger partial charge in [-0.05, 0) is 6.26 Å². The summed E-state index contributed by atoms with van der Waals surface area (Å²) < 4.78 is 0. The van der Waals surface area contributed by atoms with Crippen LogP contribution in [0.1, 0.15) is 5.69 Å². The van der Waals surface area contributed by atoms with Crippen LogP contribution < -0.4 is 0 Å². The topological polar surface area (TPSA) is 41.4 Å². The van der Waals surface area contributed by atoms with E-state index < -0.39 is 0 Å². The fourth-order valence-electron chi connectivity index (χ4n) is 1.14. The second kappa shape index (κ2) is 5.59. The van der Waals surface area contributed by atoms with E-state index in [0.717, 1.165) is 17.4 Å². The van der Waals surface area contributed by atoms with Gasteiger partial charge >= 0.3 is 0 Å². The Hall–Kier alpha value is -1.10. The lowest BCUT2D eigenvalue weighted by atomic mass is 10.4. The van der Waals surface area contributed by atoms with Crippen LogP contribution in [0.15, 0.2) is 23.6 Å². The van der Waals surface area contributed by atoms with Gasteiger partial charge in [-0.15, -0.1) is 0 Å². The van der Waals surface area contributed by atoms with Crippen LogP contribution in [0.2, 0.25) is 0 Å². The molecule has 0 aliphatic rings. The molecule has 1 aromatic rings. The number of rotatable bonds is 2. The van der Waals surface area contributed by atoms with Crippen LogP contribution in [0.3, 0.4) is 0 Å². The Morgan fingerprint density at radius 2 is 2.36 bits per heavy atom. The van der Waals surface area contributed by atoms with Gasteiger partial charge < -0.3 is 4.90 Å². The third-order valence-corrected chi connectivity index (χ3v) is 2.58. The number of aromatic nitrogens is 2. The van der Waals surface area contributed by atoms with Gasteiger partial charge in [0.15, 0.2) is 5.17 Å². The van der Waals surface area contributed by atoms with Crippen LogP contribution in [-0.2, 0) is 6.54 Å². The third-order valence-electron chi connectivity index (χ3n) is 1.72. The van der Waals surface area contributed by atoms with Crippen LogP contribution in [0.5, 0.6) is 0 Å². The maximum atomic E-state index is 4.20. The van der Waals surface area contributed by atoms with Gasteiger partial charge in [0.05, 0.1) is 18.4 Å². The summed E-state index contributed by atoms with van der Waals surface area (Å²) in [5.41, 5.74) is 0.949. The first-order valence-electron chi connectivity index (χ1n) is 4.24. The predicted molar refractivity (Wildman–Crippen MR) is 60.4 cm³/mol. The molecule has 76 valence electrons. The van der Waals surface area contributed by atoms with Crippen molar-refractivity contribution in [3.63, 3.8) is 0 Å². The summed E-state index contributed by atoms with van der Waals surface area (Å²) in [6.45, 7) is 0.737. The molecule has 14 heavy (non-hydrogen) atoms. The molecule has 0 aromatic carbocycles. The van der Waals surface area contributed by atoms with Crippen molar-refractivity contribution >= 4 is 16.9 Å². The molecule has 0 N–H and O–H groups in total. The van der Waals surface area contributed by atoms with Gasteiger partial charge in [0.1, 0.15) is 0 Å². The quantitative estimate of drug-likeness (QED) is 0.544. The number of aliphatic imine (C=N–C) groups is 1. The summed E-state index contributed by atoms with van der Waals surface area (Å²) in [7, 11) is 3.78. The number of nitrogens with zero attached hydrogens (tertiary/aromatic N) is 4. The Bertz CT molecular complexity index is 299. The van der Waals surface area contributed by atoms with Crippen LogP contribution in [-0.4, -0.2) is 40.4 Å². The SMILES string of the molecule is CN=C(SC)N(C)Cc1cnccn1. The second-order valence-electron chi connectivity index (χ2n) is 2.76. The highest BCUT2D eigenvalue weighted by Gasteiger charge is 2.05. The molecule has 1 rings (SSSR count). The van der Waals surface area contributed by atoms with Crippen LogP contribution in [0.25, 0.3) is 0 Å². The molecule has 0 bridgehead atoms. The molecule has 0 aliphatic carbocycles. The molecule has 0 amide bonds. The molecular weight excluding hydrogens is 196 g/mol. The molecule has 0 aliphatic heterocycles. The minimum absolute atomic E-state index is 0.737. The molecule has 0 radical (unpaired) electrons. The van der Waals surface area contributed by atoms with Gasteiger partial charge in [-0.3, -0.25) is 15.0 Å². The lowest BCUT2D eigenvalue weighted by Crippen LogP contribution is -2.23. The number of thioether (sulfide) groups is 1. The molecule has 0 atom stereocenters. The summed E-state index contributed by atoms with van der Waals surface area (Å²) in [5, 5.41) is 0.996. The Balaban J connectivity index is 2.61. The van der Waals surface area contributed by atoms with Gasteiger partial charge in [0.2, 0.25) is 0 Å². The van der Waals surface area contributed by atoms with E-state index in [1.807, 2.05) is 13.3 Å². The van der Waals surface area contributed by atoms with Crippen molar-refractivity contribution in [3.8, 4) is 0 Å². The fraction of sp³-hybridized carbons (Fsp3) is 0.444. The van der Waals surface area contributed by atoms with E-state index in [1.165, 1.54) is 0 Å². The summed E-state index contributed by atoms with van der Waals surface area (Å²) in [6.07, 6.45) is 7.15. The van der Waals surface area contributed by atoms with E-state index >= 15 is 0 Å². The first-order valence-corrected chi connectivity index (χ1v) is 5.47. The predicted octanol–water partition coefficient (Wildman–Crippen LogP) is 1.26. The standard InChI is InChI=1S/C9H14N4S/c1-10-9(14-3)13(2)7-8-6-11-4-5-12-8/h4-6H,7H2,1-3H3. The Morgan fingerprint density at radius 1 is 1.57 bits per heavy atom. The highest BCUT2D eigenvalue weighted by atomic mass is 32.2. The van der Waals surface area contributed by atoms with E-state index in [0.29, 0.717) is 0 Å². The highest BCUT2D eigenvalue weighted by molar-refractivity contribution is 8.13. The van der Waals surface area contributed by atoms with Crippen molar-refractivity contribution in [1.29, 1.82) is 0 Å². The summed E-state index contributed by atoms with van der Waals surface area (Å²) >= 11 is 1.62. The number of amidine groups is 1. The van der Waals surface area contributed by atoms with E-state index in [4.69, 9.17) is 0 Å². The summed E-state index contributed by atoms with van der Waals surface area (Å²) in [6, 6.07) is 0. The van der Waals surface area contributed by atoms with Crippen molar-refractivity contribution < 1.29 is 0 Å². The van der Waals surface area contributed by atoms with Crippen molar-refractivity contribution in [3.05, 3.63) is 24.3 Å². The van der Waals surface area contributed by atoms with E-state index in [9.17, 15) is 0 Å². The monoisotopic (exact) mass is 210 g/mol. The smallest absolute Gasteiger partial charge is 0.158 e. The molecule has 0 saturated heterocycles. The lowest BCUT2D eigenvalue weighted by Gasteiger charge is -2.18. The first-order chi connectivity index (χ1) is 6.77. The fourth-order valence-corrected chi connectivity index (χ4v) is 1.70. The normalized spacial score (nSPS) is 11.5. The van der Waals surface area contributed by atoms with Gasteiger partial charge in [-0.2, -0.15) is 0 Å². The molecule has 5 heteroatoms.